The van der Waals surface area contributed by atoms with Crippen molar-refractivity contribution in [2.24, 2.45) is 5.41 Å². The van der Waals surface area contributed by atoms with Crippen molar-refractivity contribution in [1.82, 2.24) is 14.5 Å². The summed E-state index contributed by atoms with van der Waals surface area (Å²) in [6, 6.07) is 46.2. The van der Waals surface area contributed by atoms with E-state index in [0.29, 0.717) is 11.8 Å². The number of benzene rings is 6. The molecular weight excluding hydrogens is 1050 g/mol. The number of thiophene rings is 1. The predicted octanol–water partition coefficient (Wildman–Crippen LogP) is 17.7. The van der Waals surface area contributed by atoms with Gasteiger partial charge in [-0.1, -0.05) is 167 Å². The summed E-state index contributed by atoms with van der Waals surface area (Å²) in [5, 5.41) is 3.75. The van der Waals surface area contributed by atoms with E-state index >= 15 is 0 Å². The SMILES string of the molecule is Cc1cc2sc3c(-c4nc5ccccc5n4-c4c(C(C)C)cc(-c5ccccc5)cc4C(C)C)[c-]cc(C)c3c2cc1C.[2H]C([2H])(c1cc(-c2[c-]ccc(C(C)(C)C)c2)ncc1[Si](C)(C)C)C(C)(C)C.[Ir]. The minimum atomic E-state index is -1.74. The van der Waals surface area contributed by atoms with Crippen LogP contribution >= 0.6 is 11.3 Å². The van der Waals surface area contributed by atoms with Crippen LogP contribution in [0.15, 0.2) is 115 Å². The van der Waals surface area contributed by atoms with Crippen LogP contribution in [0, 0.1) is 38.3 Å². The van der Waals surface area contributed by atoms with E-state index in [4.69, 9.17) is 12.7 Å². The fourth-order valence-corrected chi connectivity index (χ4v) is 12.0. The van der Waals surface area contributed by atoms with Crippen LogP contribution in [0.5, 0.6) is 0 Å². The Balaban J connectivity index is 0.000000230. The molecule has 0 fully saturated rings. The Hall–Kier alpha value is -4.97. The van der Waals surface area contributed by atoms with Crippen molar-refractivity contribution in [2.45, 2.75) is 133 Å². The van der Waals surface area contributed by atoms with Gasteiger partial charge in [0, 0.05) is 39.4 Å². The number of pyridine rings is 1. The average Bonchev–Trinajstić information content (AvgIpc) is 3.87. The summed E-state index contributed by atoms with van der Waals surface area (Å²) >= 11 is 1.87. The maximum atomic E-state index is 8.89. The van der Waals surface area contributed by atoms with Gasteiger partial charge in [0.25, 0.3) is 0 Å². The second-order valence-corrected chi connectivity index (χ2v) is 28.6. The van der Waals surface area contributed by atoms with Crippen LogP contribution in [0.3, 0.4) is 0 Å². The number of aromatic nitrogens is 3. The summed E-state index contributed by atoms with van der Waals surface area (Å²) in [6.45, 7) is 35.1. The molecule has 0 amide bonds. The van der Waals surface area contributed by atoms with Gasteiger partial charge in [-0.05, 0) is 128 Å². The molecular formula is C63H71IrN3SSi-2. The van der Waals surface area contributed by atoms with E-state index in [2.05, 4.69) is 203 Å². The number of hydrogen-bond donors (Lipinski definition) is 0. The third-order valence-electron chi connectivity index (χ3n) is 13.1. The van der Waals surface area contributed by atoms with Crippen LogP contribution in [0.25, 0.3) is 70.7 Å². The molecule has 0 N–H and O–H groups in total. The number of hydrogen-bond acceptors (Lipinski definition) is 3. The number of para-hydroxylation sites is 2. The molecule has 0 aliphatic rings. The standard InChI is InChI=1S/C40H37N2S.C23H34NSi.Ir/c1-23(2)31-21-29(28-13-9-8-10-14-28)22-32(24(3)4)38(31)42-35-16-12-11-15-34(35)41-40(42)30-18-17-25(5)37-33-19-26(6)27(7)20-36(33)43-39(30)37;1-22(2,3)15-18-14-20(24-16-21(18)25(7,8)9)17-11-10-12-19(13-17)23(4,5)6;/h8-17,19-24H,1-7H3;10,12-14,16H,15H2,1-9H3;/q2*-1;/i;15D2;. The molecule has 3 heterocycles. The Kier molecular flexibility index (Phi) is 14.2. The maximum Gasteiger partial charge on any atom is 0.0798 e. The first-order valence-corrected chi connectivity index (χ1v) is 28.7. The third kappa shape index (κ3) is 10.9. The van der Waals surface area contributed by atoms with Crippen LogP contribution in [-0.4, -0.2) is 22.6 Å². The van der Waals surface area contributed by atoms with Gasteiger partial charge in [0.15, 0.2) is 0 Å². The van der Waals surface area contributed by atoms with Crippen LogP contribution in [0.2, 0.25) is 19.6 Å². The first-order valence-electron chi connectivity index (χ1n) is 25.4. The fourth-order valence-electron chi connectivity index (χ4n) is 9.23. The number of aryl methyl sites for hydroxylation is 3. The Morgan fingerprint density at radius 2 is 1.38 bits per heavy atom. The van der Waals surface area contributed by atoms with E-state index in [1.54, 1.807) is 0 Å². The molecule has 6 aromatic carbocycles. The summed E-state index contributed by atoms with van der Waals surface area (Å²) in [5.41, 5.74) is 16.8. The predicted molar refractivity (Wildman–Crippen MR) is 299 cm³/mol. The molecule has 3 aromatic heterocycles. The van der Waals surface area contributed by atoms with E-state index < -0.39 is 19.9 Å². The van der Waals surface area contributed by atoms with Gasteiger partial charge in [-0.15, -0.1) is 53.1 Å². The molecule has 69 heavy (non-hydrogen) atoms. The van der Waals surface area contributed by atoms with E-state index in [1.807, 2.05) is 50.4 Å². The van der Waals surface area contributed by atoms with Gasteiger partial charge in [-0.25, -0.2) is 0 Å². The molecule has 9 aromatic rings. The summed E-state index contributed by atoms with van der Waals surface area (Å²) in [6.07, 6.45) is 0.472. The smallest absolute Gasteiger partial charge is 0.0798 e. The quantitative estimate of drug-likeness (QED) is 0.112. The molecule has 6 heteroatoms. The van der Waals surface area contributed by atoms with E-state index in [0.717, 1.165) is 44.4 Å². The minimum absolute atomic E-state index is 0. The van der Waals surface area contributed by atoms with Crippen molar-refractivity contribution in [1.29, 1.82) is 0 Å². The molecule has 0 spiro atoms. The zero-order chi connectivity index (χ0) is 50.8. The molecule has 0 unspecified atom stereocenters. The van der Waals surface area contributed by atoms with Gasteiger partial charge in [0.2, 0.25) is 0 Å². The van der Waals surface area contributed by atoms with Crippen LogP contribution < -0.4 is 5.19 Å². The summed E-state index contributed by atoms with van der Waals surface area (Å²) in [7, 11) is -1.74. The van der Waals surface area contributed by atoms with Crippen molar-refractivity contribution in [3.63, 3.8) is 0 Å². The van der Waals surface area contributed by atoms with Gasteiger partial charge in [-0.3, -0.25) is 4.98 Å². The van der Waals surface area contributed by atoms with Gasteiger partial charge < -0.3 is 9.55 Å². The van der Waals surface area contributed by atoms with Gasteiger partial charge in [-0.2, -0.15) is 11.3 Å². The molecule has 9 rings (SSSR count). The molecule has 359 valence electrons. The largest absolute Gasteiger partial charge is 0.333 e. The maximum absolute atomic E-state index is 8.89. The van der Waals surface area contributed by atoms with Crippen molar-refractivity contribution in [2.75, 3.05) is 0 Å². The van der Waals surface area contributed by atoms with Crippen LogP contribution in [0.4, 0.5) is 0 Å². The monoisotopic (exact) mass is 1120 g/mol. The van der Waals surface area contributed by atoms with E-state index in [1.165, 1.54) is 70.4 Å². The molecule has 0 bridgehead atoms. The third-order valence-corrected chi connectivity index (χ3v) is 16.2. The summed E-state index contributed by atoms with van der Waals surface area (Å²) in [4.78, 5) is 10.1. The molecule has 0 saturated heterocycles. The number of imidazole rings is 1. The normalized spacial score (nSPS) is 12.9. The second kappa shape index (κ2) is 20.0. The van der Waals surface area contributed by atoms with Crippen molar-refractivity contribution in [3.8, 4) is 39.5 Å². The molecule has 0 atom stereocenters. The topological polar surface area (TPSA) is 30.7 Å². The fraction of sp³-hybridized carbons (Fsp3) is 0.333. The van der Waals surface area contributed by atoms with E-state index in [9.17, 15) is 0 Å². The summed E-state index contributed by atoms with van der Waals surface area (Å²) in [5.74, 6) is 1.60. The second-order valence-electron chi connectivity index (χ2n) is 22.5. The molecule has 0 saturated carbocycles. The van der Waals surface area contributed by atoms with Crippen molar-refractivity contribution >= 4 is 55.8 Å². The number of nitrogens with zero attached hydrogens (tertiary/aromatic N) is 3. The minimum Gasteiger partial charge on any atom is -0.333 e. The van der Waals surface area contributed by atoms with Gasteiger partial charge in [0.1, 0.15) is 0 Å². The van der Waals surface area contributed by atoms with Crippen molar-refractivity contribution in [3.05, 3.63) is 166 Å². The Morgan fingerprint density at radius 3 is 2.00 bits per heavy atom. The first kappa shape index (κ1) is 49.0. The Bertz CT molecular complexity index is 3370. The molecule has 3 nitrogen and oxygen atoms in total. The average molecular weight is 1120 g/mol. The van der Waals surface area contributed by atoms with Gasteiger partial charge in [0.05, 0.1) is 24.9 Å². The zero-order valence-electron chi connectivity index (χ0n) is 45.7. The van der Waals surface area contributed by atoms with Crippen LogP contribution in [0.1, 0.15) is 123 Å². The van der Waals surface area contributed by atoms with E-state index in [-0.39, 0.29) is 25.5 Å². The number of rotatable bonds is 8. The Morgan fingerprint density at radius 1 is 0.739 bits per heavy atom. The van der Waals surface area contributed by atoms with Crippen LogP contribution in [-0.2, 0) is 31.9 Å². The van der Waals surface area contributed by atoms with Crippen molar-refractivity contribution < 1.29 is 22.8 Å². The molecule has 0 aliphatic carbocycles. The van der Waals surface area contributed by atoms with Gasteiger partial charge >= 0.3 is 0 Å². The Labute approximate surface area is 435 Å². The summed E-state index contributed by atoms with van der Waals surface area (Å²) < 4.78 is 22.8. The zero-order valence-corrected chi connectivity index (χ0v) is 47.9. The molecule has 0 aliphatic heterocycles. The first-order chi connectivity index (χ1) is 32.8. The number of fused-ring (bicyclic) bond motifs is 4. The molecule has 1 radical (unpaired) electrons.